The summed E-state index contributed by atoms with van der Waals surface area (Å²) in [6.45, 7) is 5.81. The lowest BCUT2D eigenvalue weighted by molar-refractivity contribution is -0.0640. The summed E-state index contributed by atoms with van der Waals surface area (Å²) in [6, 6.07) is 19.4. The van der Waals surface area contributed by atoms with Crippen molar-refractivity contribution in [3.8, 4) is 0 Å². The molecule has 0 aliphatic carbocycles. The first-order valence-electron chi connectivity index (χ1n) is 7.68. The maximum atomic E-state index is 5.52. The fraction of sp³-hybridized carbons (Fsp3) is 0.368. The van der Waals surface area contributed by atoms with Crippen molar-refractivity contribution in [2.45, 2.75) is 25.3 Å². The molecule has 0 radical (unpaired) electrons. The van der Waals surface area contributed by atoms with Crippen LogP contribution in [0.1, 0.15) is 23.1 Å². The third kappa shape index (κ3) is 3.34. The normalized spacial score (nSPS) is 16.4. The first-order valence-corrected chi connectivity index (χ1v) is 7.68. The van der Waals surface area contributed by atoms with Crippen molar-refractivity contribution in [3.05, 3.63) is 71.3 Å². The zero-order valence-electron chi connectivity index (χ0n) is 12.6. The Hall–Kier alpha value is -1.64. The molecule has 0 spiro atoms. The molecule has 0 atom stereocenters. The van der Waals surface area contributed by atoms with E-state index in [-0.39, 0.29) is 5.41 Å². The van der Waals surface area contributed by atoms with Crippen LogP contribution < -0.4 is 5.32 Å². The van der Waals surface area contributed by atoms with Gasteiger partial charge in [0.05, 0.1) is 13.2 Å². The Morgan fingerprint density at radius 3 is 2.52 bits per heavy atom. The van der Waals surface area contributed by atoms with Crippen LogP contribution in [0.5, 0.6) is 0 Å². The molecule has 1 fully saturated rings. The third-order valence-corrected chi connectivity index (χ3v) is 4.34. The van der Waals surface area contributed by atoms with Crippen molar-refractivity contribution in [2.75, 3.05) is 19.8 Å². The van der Waals surface area contributed by atoms with E-state index < -0.39 is 0 Å². The Bertz CT molecular complexity index is 575. The van der Waals surface area contributed by atoms with Gasteiger partial charge in [-0.1, -0.05) is 60.2 Å². The highest BCUT2D eigenvalue weighted by Crippen LogP contribution is 2.35. The van der Waals surface area contributed by atoms with E-state index >= 15 is 0 Å². The fourth-order valence-corrected chi connectivity index (χ4v) is 2.93. The minimum absolute atomic E-state index is 0.218. The topological polar surface area (TPSA) is 21.3 Å². The lowest BCUT2D eigenvalue weighted by Crippen LogP contribution is -2.48. The number of ether oxygens (including phenoxy) is 1. The Balaban J connectivity index is 1.55. The molecule has 1 aliphatic heterocycles. The van der Waals surface area contributed by atoms with Gasteiger partial charge < -0.3 is 10.1 Å². The van der Waals surface area contributed by atoms with E-state index in [0.29, 0.717) is 0 Å². The molecule has 2 aromatic carbocycles. The van der Waals surface area contributed by atoms with E-state index in [4.69, 9.17) is 4.74 Å². The first-order chi connectivity index (χ1) is 10.3. The van der Waals surface area contributed by atoms with Crippen molar-refractivity contribution in [3.63, 3.8) is 0 Å². The Kier molecular flexibility index (Phi) is 4.37. The van der Waals surface area contributed by atoms with Gasteiger partial charge in [-0.05, 0) is 31.0 Å². The van der Waals surface area contributed by atoms with Gasteiger partial charge in [0, 0.05) is 12.0 Å². The summed E-state index contributed by atoms with van der Waals surface area (Å²) in [7, 11) is 0. The highest BCUT2D eigenvalue weighted by molar-refractivity contribution is 5.31. The predicted octanol–water partition coefficient (Wildman–Crippen LogP) is 3.44. The lowest BCUT2D eigenvalue weighted by Gasteiger charge is -2.42. The molecule has 3 rings (SSSR count). The summed E-state index contributed by atoms with van der Waals surface area (Å²) in [5.74, 6) is 0. The van der Waals surface area contributed by atoms with E-state index in [1.165, 1.54) is 16.7 Å². The number of benzene rings is 2. The molecular weight excluding hydrogens is 258 g/mol. The Morgan fingerprint density at radius 2 is 1.86 bits per heavy atom. The molecular formula is C19H23NO. The summed E-state index contributed by atoms with van der Waals surface area (Å²) in [6.07, 6.45) is 1.13. The van der Waals surface area contributed by atoms with E-state index in [0.717, 1.165) is 32.7 Å². The number of hydrogen-bond donors (Lipinski definition) is 1. The lowest BCUT2D eigenvalue weighted by atomic mass is 9.75. The van der Waals surface area contributed by atoms with Gasteiger partial charge in [0.1, 0.15) is 0 Å². The predicted molar refractivity (Wildman–Crippen MR) is 86.4 cm³/mol. The molecule has 0 saturated carbocycles. The quantitative estimate of drug-likeness (QED) is 0.819. The van der Waals surface area contributed by atoms with Crippen LogP contribution in [-0.2, 0) is 16.7 Å². The fourth-order valence-electron chi connectivity index (χ4n) is 2.93. The van der Waals surface area contributed by atoms with Crippen LogP contribution in [-0.4, -0.2) is 19.8 Å². The Labute approximate surface area is 127 Å². The second-order valence-electron chi connectivity index (χ2n) is 6.05. The summed E-state index contributed by atoms with van der Waals surface area (Å²) in [5.41, 5.74) is 4.31. The van der Waals surface area contributed by atoms with Gasteiger partial charge in [-0.2, -0.15) is 0 Å². The van der Waals surface area contributed by atoms with Crippen LogP contribution in [0.3, 0.4) is 0 Å². The van der Waals surface area contributed by atoms with Gasteiger partial charge in [-0.3, -0.25) is 0 Å². The van der Waals surface area contributed by atoms with Crippen molar-refractivity contribution < 1.29 is 4.74 Å². The van der Waals surface area contributed by atoms with Gasteiger partial charge in [0.25, 0.3) is 0 Å². The van der Waals surface area contributed by atoms with E-state index in [1.54, 1.807) is 0 Å². The molecule has 110 valence electrons. The smallest absolute Gasteiger partial charge is 0.0586 e. The highest BCUT2D eigenvalue weighted by atomic mass is 16.5. The van der Waals surface area contributed by atoms with Crippen LogP contribution in [0.15, 0.2) is 54.6 Å². The second-order valence-corrected chi connectivity index (χ2v) is 6.05. The standard InChI is InChI=1S/C19H23NO/c1-16-6-5-9-18(12-16)19(14-21-15-19)10-11-20-13-17-7-3-2-4-8-17/h2-9,12,20H,10-11,13-15H2,1H3. The molecule has 1 aliphatic rings. The van der Waals surface area contributed by atoms with Gasteiger partial charge in [-0.25, -0.2) is 0 Å². The molecule has 1 heterocycles. The first kappa shape index (κ1) is 14.3. The molecule has 0 unspecified atom stereocenters. The van der Waals surface area contributed by atoms with Crippen LogP contribution in [0.4, 0.5) is 0 Å². The zero-order valence-corrected chi connectivity index (χ0v) is 12.6. The monoisotopic (exact) mass is 281 g/mol. The SMILES string of the molecule is Cc1cccc(C2(CCNCc3ccccc3)COC2)c1. The molecule has 2 heteroatoms. The van der Waals surface area contributed by atoms with Gasteiger partial charge in [0.15, 0.2) is 0 Å². The average molecular weight is 281 g/mol. The highest BCUT2D eigenvalue weighted by Gasteiger charge is 2.39. The maximum Gasteiger partial charge on any atom is 0.0586 e. The van der Waals surface area contributed by atoms with Crippen molar-refractivity contribution in [2.24, 2.45) is 0 Å². The van der Waals surface area contributed by atoms with Crippen LogP contribution in [0.2, 0.25) is 0 Å². The largest absolute Gasteiger partial charge is 0.379 e. The third-order valence-electron chi connectivity index (χ3n) is 4.34. The van der Waals surface area contributed by atoms with Gasteiger partial charge in [0.2, 0.25) is 0 Å². The number of rotatable bonds is 6. The average Bonchev–Trinajstić information content (AvgIpc) is 2.47. The molecule has 2 nitrogen and oxygen atoms in total. The van der Waals surface area contributed by atoms with E-state index in [2.05, 4.69) is 66.8 Å². The van der Waals surface area contributed by atoms with Crippen LogP contribution in [0.25, 0.3) is 0 Å². The summed E-state index contributed by atoms with van der Waals surface area (Å²) in [5, 5.41) is 3.55. The Morgan fingerprint density at radius 1 is 1.05 bits per heavy atom. The summed E-state index contributed by atoms with van der Waals surface area (Å²) < 4.78 is 5.52. The van der Waals surface area contributed by atoms with Crippen LogP contribution >= 0.6 is 0 Å². The van der Waals surface area contributed by atoms with Crippen molar-refractivity contribution in [1.29, 1.82) is 0 Å². The number of aryl methyl sites for hydroxylation is 1. The van der Waals surface area contributed by atoms with Crippen molar-refractivity contribution >= 4 is 0 Å². The number of hydrogen-bond acceptors (Lipinski definition) is 2. The summed E-state index contributed by atoms with van der Waals surface area (Å²) in [4.78, 5) is 0. The molecule has 2 aromatic rings. The van der Waals surface area contributed by atoms with E-state index in [9.17, 15) is 0 Å². The molecule has 0 bridgehead atoms. The second kappa shape index (κ2) is 6.42. The number of nitrogens with one attached hydrogen (secondary N) is 1. The molecule has 1 saturated heterocycles. The maximum absolute atomic E-state index is 5.52. The molecule has 1 N–H and O–H groups in total. The minimum Gasteiger partial charge on any atom is -0.379 e. The molecule has 0 aromatic heterocycles. The van der Waals surface area contributed by atoms with Gasteiger partial charge >= 0.3 is 0 Å². The zero-order chi connectivity index (χ0) is 14.5. The van der Waals surface area contributed by atoms with Crippen molar-refractivity contribution in [1.82, 2.24) is 5.32 Å². The van der Waals surface area contributed by atoms with E-state index in [1.807, 2.05) is 0 Å². The molecule has 21 heavy (non-hydrogen) atoms. The minimum atomic E-state index is 0.218. The molecule has 0 amide bonds. The van der Waals surface area contributed by atoms with Gasteiger partial charge in [-0.15, -0.1) is 0 Å². The summed E-state index contributed by atoms with van der Waals surface area (Å²) >= 11 is 0. The van der Waals surface area contributed by atoms with Crippen LogP contribution in [0, 0.1) is 6.92 Å².